The van der Waals surface area contributed by atoms with Crippen LogP contribution in [0.3, 0.4) is 0 Å². The maximum atomic E-state index is 12.9. The van der Waals surface area contributed by atoms with Crippen LogP contribution in [0.5, 0.6) is 0 Å². The number of hydrogen-bond acceptors (Lipinski definition) is 6. The van der Waals surface area contributed by atoms with Crippen LogP contribution in [0.15, 0.2) is 40.9 Å². The molecule has 1 fully saturated rings. The van der Waals surface area contributed by atoms with Gasteiger partial charge in [-0.3, -0.25) is 14.8 Å². The predicted molar refractivity (Wildman–Crippen MR) is 126 cm³/mol. The maximum Gasteiger partial charge on any atom is 0.401 e. The molecule has 0 spiro atoms. The van der Waals surface area contributed by atoms with E-state index in [4.69, 9.17) is 5.41 Å². The third-order valence-corrected chi connectivity index (χ3v) is 8.16. The number of aromatic nitrogens is 2. The Morgan fingerprint density at radius 2 is 1.91 bits per heavy atom. The minimum atomic E-state index is -4.30. The number of alkyl halides is 3. The first-order valence-corrected chi connectivity index (χ1v) is 12.6. The van der Waals surface area contributed by atoms with E-state index in [1.807, 2.05) is 6.92 Å². The molecule has 0 unspecified atom stereocenters. The Bertz CT molecular complexity index is 1170. The minimum absolute atomic E-state index is 0.00756. The van der Waals surface area contributed by atoms with Crippen molar-refractivity contribution in [2.75, 3.05) is 19.6 Å². The molecular formula is C23H28F3N5O3S. The second kappa shape index (κ2) is 11.2. The topological polar surface area (TPSA) is 119 Å². The highest BCUT2D eigenvalue weighted by molar-refractivity contribution is 7.92. The molecule has 1 aliphatic heterocycles. The summed E-state index contributed by atoms with van der Waals surface area (Å²) in [7, 11) is -3.66. The first kappa shape index (κ1) is 26.6. The van der Waals surface area contributed by atoms with Crippen LogP contribution in [0.4, 0.5) is 13.2 Å². The van der Waals surface area contributed by atoms with E-state index in [1.165, 1.54) is 17.0 Å². The van der Waals surface area contributed by atoms with Crippen molar-refractivity contribution in [3.05, 3.63) is 52.9 Å². The third-order valence-electron chi connectivity index (χ3n) is 5.88. The van der Waals surface area contributed by atoms with Crippen molar-refractivity contribution in [3.63, 3.8) is 0 Å². The Morgan fingerprint density at radius 1 is 1.26 bits per heavy atom. The summed E-state index contributed by atoms with van der Waals surface area (Å²) in [6.07, 6.45) is 0.436. The van der Waals surface area contributed by atoms with Crippen molar-refractivity contribution in [1.29, 1.82) is 5.41 Å². The number of carbonyl (C=O) groups is 1. The Hall–Kier alpha value is -2.99. The number of rotatable bonds is 9. The second-order valence-electron chi connectivity index (χ2n) is 8.55. The Morgan fingerprint density at radius 3 is 2.46 bits per heavy atom. The summed E-state index contributed by atoms with van der Waals surface area (Å²) >= 11 is 0. The monoisotopic (exact) mass is 511 g/mol. The van der Waals surface area contributed by atoms with Crippen LogP contribution in [0, 0.1) is 12.3 Å². The number of sulfone groups is 1. The van der Waals surface area contributed by atoms with Crippen molar-refractivity contribution in [3.8, 4) is 0 Å². The van der Waals surface area contributed by atoms with Crippen LogP contribution in [0.2, 0.25) is 0 Å². The highest BCUT2D eigenvalue weighted by atomic mass is 32.2. The van der Waals surface area contributed by atoms with Gasteiger partial charge in [0.2, 0.25) is 5.91 Å². The van der Waals surface area contributed by atoms with Crippen LogP contribution in [0.25, 0.3) is 6.08 Å². The number of amides is 1. The van der Waals surface area contributed by atoms with Crippen molar-refractivity contribution in [2.45, 2.75) is 49.1 Å². The lowest BCUT2D eigenvalue weighted by Crippen LogP contribution is -2.43. The average Bonchev–Trinajstić information content (AvgIpc) is 3.21. The zero-order chi connectivity index (χ0) is 25.6. The molecule has 1 aliphatic rings. The molecule has 0 aliphatic carbocycles. The molecule has 8 nitrogen and oxygen atoms in total. The highest BCUT2D eigenvalue weighted by Gasteiger charge is 2.36. The first-order valence-electron chi connectivity index (χ1n) is 11.1. The van der Waals surface area contributed by atoms with Crippen LogP contribution in [-0.2, 0) is 21.2 Å². The van der Waals surface area contributed by atoms with Gasteiger partial charge in [0.15, 0.2) is 9.84 Å². The molecule has 12 heteroatoms. The van der Waals surface area contributed by atoms with Gasteiger partial charge in [-0.2, -0.15) is 18.3 Å². The summed E-state index contributed by atoms with van der Waals surface area (Å²) in [5.74, 6) is -0.289. The van der Waals surface area contributed by atoms with Gasteiger partial charge in [-0.25, -0.2) is 8.42 Å². The molecule has 3 N–H and O–H groups in total. The molecule has 0 radical (unpaired) electrons. The molecule has 1 amide bonds. The van der Waals surface area contributed by atoms with Gasteiger partial charge in [-0.1, -0.05) is 12.1 Å². The smallest absolute Gasteiger partial charge is 0.352 e. The summed E-state index contributed by atoms with van der Waals surface area (Å²) in [4.78, 5) is 13.6. The molecule has 3 rings (SSSR count). The van der Waals surface area contributed by atoms with E-state index in [9.17, 15) is 26.4 Å². The molecule has 35 heavy (non-hydrogen) atoms. The third kappa shape index (κ3) is 7.49. The first-order chi connectivity index (χ1) is 16.5. The Kier molecular flexibility index (Phi) is 8.49. The normalized spacial score (nSPS) is 16.3. The lowest BCUT2D eigenvalue weighted by atomic mass is 10.1. The molecule has 0 bridgehead atoms. The SMILES string of the molecule is Cc1[nH]ncc1/C=C(\C=N)CC(=O)NCc1ccc(S(=O)(=O)C2CCN(CC(F)(F)F)CC2)cc1. The fourth-order valence-electron chi connectivity index (χ4n) is 3.92. The number of nitrogens with one attached hydrogen (secondary N) is 3. The molecule has 1 aromatic heterocycles. The number of carbonyl (C=O) groups excluding carboxylic acids is 1. The number of aryl methyl sites for hydroxylation is 1. The maximum absolute atomic E-state index is 12.9. The van der Waals surface area contributed by atoms with E-state index in [1.54, 1.807) is 24.4 Å². The molecule has 1 saturated heterocycles. The Labute approximate surface area is 202 Å². The quantitative estimate of drug-likeness (QED) is 0.447. The molecule has 2 aromatic rings. The van der Waals surface area contributed by atoms with E-state index in [0.29, 0.717) is 11.1 Å². The van der Waals surface area contributed by atoms with Crippen molar-refractivity contribution >= 4 is 28.0 Å². The van der Waals surface area contributed by atoms with Gasteiger partial charge >= 0.3 is 6.18 Å². The van der Waals surface area contributed by atoms with E-state index in [-0.39, 0.29) is 49.7 Å². The van der Waals surface area contributed by atoms with E-state index >= 15 is 0 Å². The molecule has 0 saturated carbocycles. The largest absolute Gasteiger partial charge is 0.401 e. The summed E-state index contributed by atoms with van der Waals surface area (Å²) in [6, 6.07) is 6.13. The standard InChI is InChI=1S/C23H28F3N5O3S/c1-16-19(14-29-30-16)10-18(12-27)11-22(32)28-13-17-2-4-20(5-3-17)35(33,34)21-6-8-31(9-7-21)15-23(24,25)26/h2-5,10,12,14,21,27H,6-9,11,13,15H2,1H3,(H,28,32)(H,29,30)/b18-10-,27-12?. The van der Waals surface area contributed by atoms with Crippen LogP contribution in [0.1, 0.15) is 36.1 Å². The second-order valence-corrected chi connectivity index (χ2v) is 10.8. The lowest BCUT2D eigenvalue weighted by molar-refractivity contribution is -0.147. The fraction of sp³-hybridized carbons (Fsp3) is 0.435. The van der Waals surface area contributed by atoms with Gasteiger partial charge in [0.1, 0.15) is 0 Å². The van der Waals surface area contributed by atoms with E-state index in [2.05, 4.69) is 15.5 Å². The zero-order valence-corrected chi connectivity index (χ0v) is 20.0. The van der Waals surface area contributed by atoms with Gasteiger partial charge in [-0.05, 0) is 62.2 Å². The predicted octanol–water partition coefficient (Wildman–Crippen LogP) is 3.26. The summed E-state index contributed by atoms with van der Waals surface area (Å²) < 4.78 is 63.5. The fourth-order valence-corrected chi connectivity index (χ4v) is 5.65. The van der Waals surface area contributed by atoms with Crippen molar-refractivity contribution < 1.29 is 26.4 Å². The summed E-state index contributed by atoms with van der Waals surface area (Å²) in [5, 5.41) is 16.2. The number of hydrogen-bond donors (Lipinski definition) is 3. The van der Waals surface area contributed by atoms with Crippen LogP contribution >= 0.6 is 0 Å². The molecule has 1 aromatic carbocycles. The molecule has 190 valence electrons. The summed E-state index contributed by atoms with van der Waals surface area (Å²) in [6.45, 7) is 1.16. The summed E-state index contributed by atoms with van der Waals surface area (Å²) in [5.41, 5.74) is 2.82. The number of benzene rings is 1. The number of H-pyrrole nitrogens is 1. The number of halogens is 3. The van der Waals surface area contributed by atoms with Crippen LogP contribution < -0.4 is 5.32 Å². The molecular weight excluding hydrogens is 483 g/mol. The number of likely N-dealkylation sites (tertiary alicyclic amines) is 1. The Balaban J connectivity index is 1.53. The van der Waals surface area contributed by atoms with Crippen molar-refractivity contribution in [1.82, 2.24) is 20.4 Å². The number of piperidine rings is 1. The van der Waals surface area contributed by atoms with Crippen LogP contribution in [-0.4, -0.2) is 66.7 Å². The van der Waals surface area contributed by atoms with Gasteiger partial charge in [0.25, 0.3) is 0 Å². The van der Waals surface area contributed by atoms with Gasteiger partial charge in [0.05, 0.1) is 29.3 Å². The molecule has 0 atom stereocenters. The van der Waals surface area contributed by atoms with Crippen molar-refractivity contribution in [2.24, 2.45) is 0 Å². The lowest BCUT2D eigenvalue weighted by Gasteiger charge is -2.32. The zero-order valence-electron chi connectivity index (χ0n) is 19.2. The van der Waals surface area contributed by atoms with Gasteiger partial charge in [0, 0.05) is 24.0 Å². The number of nitrogens with zero attached hydrogens (tertiary/aromatic N) is 2. The van der Waals surface area contributed by atoms with E-state index in [0.717, 1.165) is 17.5 Å². The average molecular weight is 512 g/mol. The van der Waals surface area contributed by atoms with E-state index < -0.39 is 27.8 Å². The highest BCUT2D eigenvalue weighted by Crippen LogP contribution is 2.27. The number of aromatic amines is 1. The van der Waals surface area contributed by atoms with Gasteiger partial charge in [-0.15, -0.1) is 0 Å². The minimum Gasteiger partial charge on any atom is -0.352 e. The van der Waals surface area contributed by atoms with Gasteiger partial charge < -0.3 is 10.7 Å². The molecule has 2 heterocycles.